The molecule has 0 amide bonds. The Morgan fingerprint density at radius 3 is 2.69 bits per heavy atom. The van der Waals surface area contributed by atoms with Crippen LogP contribution in [0.2, 0.25) is 0 Å². The molecule has 0 N–H and O–H groups in total. The van der Waals surface area contributed by atoms with Crippen LogP contribution in [0, 0.1) is 6.92 Å². The van der Waals surface area contributed by atoms with E-state index in [9.17, 15) is 0 Å². The van der Waals surface area contributed by atoms with Crippen molar-refractivity contribution in [3.8, 4) is 10.6 Å². The zero-order valence-corrected chi connectivity index (χ0v) is 10.2. The molecule has 0 bridgehead atoms. The van der Waals surface area contributed by atoms with Crippen LogP contribution in [0.1, 0.15) is 17.7 Å². The van der Waals surface area contributed by atoms with E-state index in [0.29, 0.717) is 0 Å². The minimum Gasteiger partial charge on any atom is -0.469 e. The fourth-order valence-electron chi connectivity index (χ4n) is 1.46. The summed E-state index contributed by atoms with van der Waals surface area (Å²) in [4.78, 5) is 4.46. The molecule has 0 unspecified atom stereocenters. The highest BCUT2D eigenvalue weighted by Crippen LogP contribution is 2.30. The van der Waals surface area contributed by atoms with Crippen molar-refractivity contribution >= 4 is 11.3 Å². The normalized spacial score (nSPS) is 11.2. The van der Waals surface area contributed by atoms with E-state index < -0.39 is 6.29 Å². The van der Waals surface area contributed by atoms with E-state index >= 15 is 0 Å². The molecule has 86 valence electrons. The van der Waals surface area contributed by atoms with Crippen LogP contribution in [-0.2, 0) is 9.47 Å². The van der Waals surface area contributed by atoms with E-state index in [1.807, 2.05) is 18.4 Å². The van der Waals surface area contributed by atoms with Crippen molar-refractivity contribution in [3.05, 3.63) is 29.2 Å². The molecular formula is C11H13NO3S. The zero-order chi connectivity index (χ0) is 11.5. The van der Waals surface area contributed by atoms with Gasteiger partial charge in [-0.3, -0.25) is 0 Å². The van der Waals surface area contributed by atoms with E-state index in [4.69, 9.17) is 13.9 Å². The van der Waals surface area contributed by atoms with Crippen molar-refractivity contribution in [2.75, 3.05) is 14.2 Å². The number of aromatic nitrogens is 1. The minimum atomic E-state index is -0.405. The van der Waals surface area contributed by atoms with Gasteiger partial charge in [0, 0.05) is 19.6 Å². The summed E-state index contributed by atoms with van der Waals surface area (Å²) in [5.41, 5.74) is 1.80. The SMILES string of the molecule is COC(OC)c1csc(-c2ccoc2C)n1. The van der Waals surface area contributed by atoms with Gasteiger partial charge in [0.05, 0.1) is 11.8 Å². The van der Waals surface area contributed by atoms with Gasteiger partial charge in [-0.25, -0.2) is 4.98 Å². The number of hydrogen-bond donors (Lipinski definition) is 0. The first-order valence-electron chi connectivity index (χ1n) is 4.81. The molecule has 0 radical (unpaired) electrons. The van der Waals surface area contributed by atoms with Gasteiger partial charge in [0.2, 0.25) is 6.29 Å². The quantitative estimate of drug-likeness (QED) is 0.769. The molecule has 0 aromatic carbocycles. The monoisotopic (exact) mass is 239 g/mol. The Kier molecular flexibility index (Phi) is 3.38. The number of aryl methyl sites for hydroxylation is 1. The maximum atomic E-state index is 5.25. The van der Waals surface area contributed by atoms with Crippen LogP contribution in [0.5, 0.6) is 0 Å². The van der Waals surface area contributed by atoms with Crippen LogP contribution in [0.3, 0.4) is 0 Å². The van der Waals surface area contributed by atoms with Crippen molar-refractivity contribution in [3.63, 3.8) is 0 Å². The Bertz CT molecular complexity index is 459. The third-order valence-corrected chi connectivity index (χ3v) is 3.17. The van der Waals surface area contributed by atoms with E-state index in [-0.39, 0.29) is 0 Å². The molecule has 0 spiro atoms. The Morgan fingerprint density at radius 1 is 1.38 bits per heavy atom. The van der Waals surface area contributed by atoms with Gasteiger partial charge < -0.3 is 13.9 Å². The number of methoxy groups -OCH3 is 2. The van der Waals surface area contributed by atoms with E-state index in [0.717, 1.165) is 22.0 Å². The Morgan fingerprint density at radius 2 is 2.12 bits per heavy atom. The fourth-order valence-corrected chi connectivity index (χ4v) is 2.36. The van der Waals surface area contributed by atoms with Crippen LogP contribution < -0.4 is 0 Å². The highest BCUT2D eigenvalue weighted by atomic mass is 32.1. The van der Waals surface area contributed by atoms with Gasteiger partial charge in [0.1, 0.15) is 16.5 Å². The maximum Gasteiger partial charge on any atom is 0.201 e. The maximum absolute atomic E-state index is 5.25. The van der Waals surface area contributed by atoms with Gasteiger partial charge in [-0.05, 0) is 13.0 Å². The molecule has 0 aliphatic heterocycles. The molecule has 2 aromatic rings. The lowest BCUT2D eigenvalue weighted by Crippen LogP contribution is -2.03. The molecule has 0 fully saturated rings. The smallest absolute Gasteiger partial charge is 0.201 e. The molecule has 0 aliphatic rings. The summed E-state index contributed by atoms with van der Waals surface area (Å²) >= 11 is 1.55. The first kappa shape index (κ1) is 11.3. The molecule has 0 atom stereocenters. The fraction of sp³-hybridized carbons (Fsp3) is 0.364. The Hall–Kier alpha value is -1.17. The van der Waals surface area contributed by atoms with Crippen molar-refractivity contribution in [1.82, 2.24) is 4.98 Å². The highest BCUT2D eigenvalue weighted by Gasteiger charge is 2.15. The minimum absolute atomic E-state index is 0.405. The summed E-state index contributed by atoms with van der Waals surface area (Å²) in [6.45, 7) is 1.92. The first-order chi connectivity index (χ1) is 7.76. The third-order valence-electron chi connectivity index (χ3n) is 2.28. The molecule has 2 heterocycles. The van der Waals surface area contributed by atoms with Crippen molar-refractivity contribution in [1.29, 1.82) is 0 Å². The number of nitrogens with zero attached hydrogens (tertiary/aromatic N) is 1. The molecule has 0 saturated carbocycles. The van der Waals surface area contributed by atoms with Crippen LogP contribution in [0.15, 0.2) is 22.1 Å². The lowest BCUT2D eigenvalue weighted by molar-refractivity contribution is -0.108. The van der Waals surface area contributed by atoms with Gasteiger partial charge in [0.25, 0.3) is 0 Å². The number of ether oxygens (including phenoxy) is 2. The second-order valence-electron chi connectivity index (χ2n) is 3.27. The van der Waals surface area contributed by atoms with Gasteiger partial charge in [-0.1, -0.05) is 0 Å². The number of hydrogen-bond acceptors (Lipinski definition) is 5. The second kappa shape index (κ2) is 4.78. The van der Waals surface area contributed by atoms with Gasteiger partial charge in [-0.15, -0.1) is 11.3 Å². The summed E-state index contributed by atoms with van der Waals surface area (Å²) in [6, 6.07) is 1.91. The van der Waals surface area contributed by atoms with E-state index in [2.05, 4.69) is 4.98 Å². The Labute approximate surface area is 97.8 Å². The third kappa shape index (κ3) is 2.02. The number of furan rings is 1. The van der Waals surface area contributed by atoms with Crippen LogP contribution in [0.4, 0.5) is 0 Å². The van der Waals surface area contributed by atoms with Crippen LogP contribution in [0.25, 0.3) is 10.6 Å². The lowest BCUT2D eigenvalue weighted by atomic mass is 10.3. The average Bonchev–Trinajstić information content (AvgIpc) is 2.89. The van der Waals surface area contributed by atoms with Crippen LogP contribution in [-0.4, -0.2) is 19.2 Å². The Balaban J connectivity index is 2.29. The summed E-state index contributed by atoms with van der Waals surface area (Å²) < 4.78 is 15.5. The van der Waals surface area contributed by atoms with Crippen molar-refractivity contribution < 1.29 is 13.9 Å². The standard InChI is InChI=1S/C11H13NO3S/c1-7-8(4-5-15-7)10-12-9(6-16-10)11(13-2)14-3/h4-6,11H,1-3H3. The van der Waals surface area contributed by atoms with Gasteiger partial charge >= 0.3 is 0 Å². The lowest BCUT2D eigenvalue weighted by Gasteiger charge is -2.09. The van der Waals surface area contributed by atoms with Gasteiger partial charge in [-0.2, -0.15) is 0 Å². The molecule has 0 aliphatic carbocycles. The topological polar surface area (TPSA) is 44.5 Å². The number of rotatable bonds is 4. The molecule has 0 saturated heterocycles. The predicted octanol–water partition coefficient (Wildman–Crippen LogP) is 3.00. The largest absolute Gasteiger partial charge is 0.469 e. The zero-order valence-electron chi connectivity index (χ0n) is 9.39. The van der Waals surface area contributed by atoms with E-state index in [1.165, 1.54) is 0 Å². The summed E-state index contributed by atoms with van der Waals surface area (Å²) in [7, 11) is 3.19. The summed E-state index contributed by atoms with van der Waals surface area (Å²) in [5.74, 6) is 0.868. The molecular weight excluding hydrogens is 226 g/mol. The summed E-state index contributed by atoms with van der Waals surface area (Å²) in [6.07, 6.45) is 1.26. The van der Waals surface area contributed by atoms with E-state index in [1.54, 1.807) is 31.8 Å². The van der Waals surface area contributed by atoms with Gasteiger partial charge in [0.15, 0.2) is 0 Å². The predicted molar refractivity (Wildman–Crippen MR) is 61.3 cm³/mol. The molecule has 2 rings (SSSR count). The van der Waals surface area contributed by atoms with Crippen LogP contribution >= 0.6 is 11.3 Å². The molecule has 16 heavy (non-hydrogen) atoms. The highest BCUT2D eigenvalue weighted by molar-refractivity contribution is 7.13. The summed E-state index contributed by atoms with van der Waals surface area (Å²) in [5, 5.41) is 2.85. The van der Waals surface area contributed by atoms with Crippen molar-refractivity contribution in [2.45, 2.75) is 13.2 Å². The molecule has 2 aromatic heterocycles. The number of thiazole rings is 1. The first-order valence-corrected chi connectivity index (χ1v) is 5.69. The average molecular weight is 239 g/mol. The second-order valence-corrected chi connectivity index (χ2v) is 4.13. The molecule has 4 nitrogen and oxygen atoms in total. The van der Waals surface area contributed by atoms with Crippen molar-refractivity contribution in [2.24, 2.45) is 0 Å². The molecule has 5 heteroatoms.